The second-order valence-corrected chi connectivity index (χ2v) is 10.4. The Bertz CT molecular complexity index is 1650. The lowest BCUT2D eigenvalue weighted by molar-refractivity contribution is 0.0957. The van der Waals surface area contributed by atoms with E-state index in [1.165, 1.54) is 18.3 Å². The number of hydrogen-bond donors (Lipinski definition) is 3. The number of carbonyl (C=O) groups is 1. The molecule has 0 spiro atoms. The largest absolute Gasteiger partial charge is 0.387 e. The summed E-state index contributed by atoms with van der Waals surface area (Å²) in [6.07, 6.45) is 12.3. The van der Waals surface area contributed by atoms with Crippen LogP contribution < -0.4 is 16.2 Å². The van der Waals surface area contributed by atoms with Crippen LogP contribution in [0.1, 0.15) is 21.6 Å². The molecule has 1 aliphatic carbocycles. The van der Waals surface area contributed by atoms with Gasteiger partial charge in [0.2, 0.25) is 10.0 Å². The highest BCUT2D eigenvalue weighted by molar-refractivity contribution is 7.89. The molecule has 0 fully saturated rings. The smallest absolute Gasteiger partial charge is 0.251 e. The molecular weight excluding hydrogens is 495 g/mol. The third-order valence-corrected chi connectivity index (χ3v) is 7.13. The maximum absolute atomic E-state index is 13.7. The first-order valence-electron chi connectivity index (χ1n) is 11.4. The number of amidine groups is 1. The third-order valence-electron chi connectivity index (χ3n) is 6.21. The van der Waals surface area contributed by atoms with Gasteiger partial charge in [0.1, 0.15) is 16.5 Å². The Kier molecular flexibility index (Phi) is 6.40. The van der Waals surface area contributed by atoms with E-state index in [9.17, 15) is 17.6 Å². The maximum atomic E-state index is 13.7. The first-order valence-corrected chi connectivity index (χ1v) is 12.9. The van der Waals surface area contributed by atoms with Crippen LogP contribution in [-0.2, 0) is 16.4 Å². The van der Waals surface area contributed by atoms with E-state index in [0.717, 1.165) is 11.8 Å². The molecule has 2 aliphatic rings. The van der Waals surface area contributed by atoms with Gasteiger partial charge in [-0.2, -0.15) is 0 Å². The fraction of sp³-hybridized carbons (Fsp3) is 0.154. The molecule has 2 unspecified atom stereocenters. The standard InChI is InChI=1S/C26H23FN6O3S/c27-20-11-19-8-16(10-23(37(29,35)36)24(19)32-14-20)9-21-12-18(4-5-30-21)26(34)33-13-15-1-2-22-17(7-15)3-6-31-25(22)28/h1-8,10-12,14,17,22H,9,13H2,(H2,28,31)(H,33,34)(H2,29,35,36). The van der Waals surface area contributed by atoms with Gasteiger partial charge in [-0.1, -0.05) is 24.3 Å². The summed E-state index contributed by atoms with van der Waals surface area (Å²) in [7, 11) is -4.11. The van der Waals surface area contributed by atoms with E-state index in [1.54, 1.807) is 24.4 Å². The zero-order valence-corrected chi connectivity index (χ0v) is 20.3. The SMILES string of the molecule is NC1=NC=CC2C=C(CNC(=O)c3ccnc(Cc4cc(S(N)(=O)=O)c5ncc(F)cc5c4)c3)C=CC12. The zero-order chi connectivity index (χ0) is 26.2. The second-order valence-electron chi connectivity index (χ2n) is 8.86. The van der Waals surface area contributed by atoms with Crippen LogP contribution in [0.4, 0.5) is 4.39 Å². The predicted octanol–water partition coefficient (Wildman–Crippen LogP) is 2.35. The highest BCUT2D eigenvalue weighted by Gasteiger charge is 2.24. The van der Waals surface area contributed by atoms with Gasteiger partial charge in [0.25, 0.3) is 5.91 Å². The highest BCUT2D eigenvalue weighted by atomic mass is 32.2. The monoisotopic (exact) mass is 518 g/mol. The van der Waals surface area contributed by atoms with Gasteiger partial charge < -0.3 is 11.1 Å². The van der Waals surface area contributed by atoms with Crippen molar-refractivity contribution in [3.05, 3.63) is 101 Å². The van der Waals surface area contributed by atoms with Gasteiger partial charge in [0, 0.05) is 53.8 Å². The van der Waals surface area contributed by atoms with Gasteiger partial charge in [0.05, 0.1) is 11.7 Å². The molecule has 0 saturated heterocycles. The zero-order valence-electron chi connectivity index (χ0n) is 19.5. The number of nitrogens with one attached hydrogen (secondary N) is 1. The van der Waals surface area contributed by atoms with E-state index in [-0.39, 0.29) is 34.6 Å². The Balaban J connectivity index is 1.32. The van der Waals surface area contributed by atoms with Crippen LogP contribution in [0, 0.1) is 17.7 Å². The Morgan fingerprint density at radius 3 is 2.78 bits per heavy atom. The summed E-state index contributed by atoms with van der Waals surface area (Å²) in [5, 5.41) is 8.58. The molecule has 11 heteroatoms. The van der Waals surface area contributed by atoms with E-state index in [2.05, 4.69) is 26.4 Å². The van der Waals surface area contributed by atoms with Gasteiger partial charge in [0.15, 0.2) is 0 Å². The normalized spacial score (nSPS) is 18.8. The first kappa shape index (κ1) is 24.5. The third kappa shape index (κ3) is 5.32. The number of sulfonamides is 1. The van der Waals surface area contributed by atoms with Crippen molar-refractivity contribution in [2.45, 2.75) is 11.3 Å². The van der Waals surface area contributed by atoms with Crippen molar-refractivity contribution in [2.75, 3.05) is 6.54 Å². The van der Waals surface area contributed by atoms with E-state index in [0.29, 0.717) is 34.6 Å². The average molecular weight is 519 g/mol. The van der Waals surface area contributed by atoms with Gasteiger partial charge in [-0.05, 0) is 41.5 Å². The van der Waals surface area contributed by atoms with E-state index >= 15 is 0 Å². The highest BCUT2D eigenvalue weighted by Crippen LogP contribution is 2.27. The molecule has 3 heterocycles. The quantitative estimate of drug-likeness (QED) is 0.455. The molecule has 37 heavy (non-hydrogen) atoms. The van der Waals surface area contributed by atoms with E-state index < -0.39 is 15.8 Å². The summed E-state index contributed by atoms with van der Waals surface area (Å²) < 4.78 is 38.0. The molecule has 3 aromatic rings. The summed E-state index contributed by atoms with van der Waals surface area (Å²) in [4.78, 5) is 25.0. The van der Waals surface area contributed by atoms with Crippen LogP contribution in [0.3, 0.4) is 0 Å². The minimum atomic E-state index is -4.11. The number of benzene rings is 1. The lowest BCUT2D eigenvalue weighted by Gasteiger charge is -2.25. The number of halogens is 1. The van der Waals surface area contributed by atoms with E-state index in [4.69, 9.17) is 10.9 Å². The molecule has 9 nitrogen and oxygen atoms in total. The Labute approximate surface area is 212 Å². The van der Waals surface area contributed by atoms with Crippen LogP contribution in [0.15, 0.2) is 88.7 Å². The summed E-state index contributed by atoms with van der Waals surface area (Å²) in [6.45, 7) is 0.335. The summed E-state index contributed by atoms with van der Waals surface area (Å²) in [5.41, 5.74) is 8.45. The van der Waals surface area contributed by atoms with Crippen LogP contribution >= 0.6 is 0 Å². The molecule has 1 aromatic carbocycles. The summed E-state index contributed by atoms with van der Waals surface area (Å²) >= 11 is 0. The maximum Gasteiger partial charge on any atom is 0.251 e. The number of allylic oxidation sites excluding steroid dienone is 2. The number of aromatic nitrogens is 2. The van der Waals surface area contributed by atoms with E-state index in [1.807, 2.05) is 18.2 Å². The first-order chi connectivity index (χ1) is 17.7. The fourth-order valence-corrected chi connectivity index (χ4v) is 5.20. The van der Waals surface area contributed by atoms with Gasteiger partial charge in [-0.25, -0.2) is 22.9 Å². The fourth-order valence-electron chi connectivity index (χ4n) is 4.44. The summed E-state index contributed by atoms with van der Waals surface area (Å²) in [5.74, 6) is -0.178. The molecule has 5 rings (SSSR count). The van der Waals surface area contributed by atoms with Crippen LogP contribution in [0.2, 0.25) is 0 Å². The number of pyridine rings is 2. The lowest BCUT2D eigenvalue weighted by atomic mass is 9.84. The number of fused-ring (bicyclic) bond motifs is 2. The van der Waals surface area contributed by atoms with Crippen molar-refractivity contribution >= 4 is 32.7 Å². The molecule has 0 radical (unpaired) electrons. The number of aliphatic imine (C=N–C) groups is 1. The summed E-state index contributed by atoms with van der Waals surface area (Å²) in [6, 6.07) is 7.43. The van der Waals surface area contributed by atoms with Gasteiger partial charge in [-0.15, -0.1) is 0 Å². The van der Waals surface area contributed by atoms with Crippen molar-refractivity contribution in [3.8, 4) is 0 Å². The van der Waals surface area contributed by atoms with Crippen molar-refractivity contribution < 1.29 is 17.6 Å². The van der Waals surface area contributed by atoms with Crippen LogP contribution in [0.5, 0.6) is 0 Å². The molecule has 0 bridgehead atoms. The number of carbonyl (C=O) groups excluding carboxylic acids is 1. The Morgan fingerprint density at radius 2 is 1.97 bits per heavy atom. The lowest BCUT2D eigenvalue weighted by Crippen LogP contribution is -2.32. The van der Waals surface area contributed by atoms with Crippen molar-refractivity contribution in [1.29, 1.82) is 0 Å². The number of nitrogens with two attached hydrogens (primary N) is 2. The molecule has 2 atom stereocenters. The van der Waals surface area contributed by atoms with Crippen molar-refractivity contribution in [3.63, 3.8) is 0 Å². The number of rotatable bonds is 6. The number of nitrogens with zero attached hydrogens (tertiary/aromatic N) is 3. The van der Waals surface area contributed by atoms with Gasteiger partial charge in [-0.3, -0.25) is 14.8 Å². The molecule has 1 amide bonds. The van der Waals surface area contributed by atoms with Crippen LogP contribution in [0.25, 0.3) is 10.9 Å². The molecule has 1 aliphatic heterocycles. The minimum Gasteiger partial charge on any atom is -0.387 e. The van der Waals surface area contributed by atoms with Crippen molar-refractivity contribution in [2.24, 2.45) is 27.7 Å². The van der Waals surface area contributed by atoms with Crippen LogP contribution in [-0.4, -0.2) is 36.7 Å². The van der Waals surface area contributed by atoms with Crippen molar-refractivity contribution in [1.82, 2.24) is 15.3 Å². The predicted molar refractivity (Wildman–Crippen MR) is 137 cm³/mol. The molecular formula is C26H23FN6O3S. The number of primary sulfonamides is 1. The minimum absolute atomic E-state index is 0.0318. The molecule has 5 N–H and O–H groups in total. The molecule has 2 aromatic heterocycles. The number of hydrogen-bond acceptors (Lipinski definition) is 7. The van der Waals surface area contributed by atoms with Gasteiger partial charge >= 0.3 is 0 Å². The number of amides is 1. The molecule has 0 saturated carbocycles. The molecule has 188 valence electrons. The average Bonchev–Trinajstić information content (AvgIpc) is 2.86. The topological polar surface area (TPSA) is 153 Å². The Morgan fingerprint density at radius 1 is 1.14 bits per heavy atom. The Hall–Kier alpha value is -4.22. The second kappa shape index (κ2) is 9.68.